The second-order valence-electron chi connectivity index (χ2n) is 5.28. The van der Waals surface area contributed by atoms with Crippen molar-refractivity contribution in [1.82, 2.24) is 15.6 Å². The molecule has 0 radical (unpaired) electrons. The summed E-state index contributed by atoms with van der Waals surface area (Å²) >= 11 is 0. The molecule has 0 bridgehead atoms. The fraction of sp³-hybridized carbons (Fsp3) is 0.375. The van der Waals surface area contributed by atoms with Gasteiger partial charge in [0, 0.05) is 29.7 Å². The van der Waals surface area contributed by atoms with Crippen LogP contribution in [-0.4, -0.2) is 30.0 Å². The molecule has 1 aromatic heterocycles. The summed E-state index contributed by atoms with van der Waals surface area (Å²) in [5.41, 5.74) is 1.62. The van der Waals surface area contributed by atoms with Crippen molar-refractivity contribution in [2.24, 2.45) is 0 Å². The topological polar surface area (TPSA) is 54.0 Å². The Labute approximate surface area is 118 Å². The number of benzene rings is 1. The number of nitrogens with one attached hydrogen (secondary N) is 2. The first-order chi connectivity index (χ1) is 9.83. The van der Waals surface area contributed by atoms with Gasteiger partial charge in [0.1, 0.15) is 0 Å². The van der Waals surface area contributed by atoms with Crippen LogP contribution < -0.4 is 10.6 Å². The maximum atomic E-state index is 12.3. The van der Waals surface area contributed by atoms with Gasteiger partial charge in [-0.25, -0.2) is 0 Å². The summed E-state index contributed by atoms with van der Waals surface area (Å²) in [6, 6.07) is 9.74. The van der Waals surface area contributed by atoms with E-state index >= 15 is 0 Å². The lowest BCUT2D eigenvalue weighted by Crippen LogP contribution is -2.40. The predicted molar refractivity (Wildman–Crippen MR) is 79.7 cm³/mol. The van der Waals surface area contributed by atoms with Crippen molar-refractivity contribution in [1.29, 1.82) is 0 Å². The zero-order valence-electron chi connectivity index (χ0n) is 11.4. The van der Waals surface area contributed by atoms with Crippen LogP contribution in [0.5, 0.6) is 0 Å². The van der Waals surface area contributed by atoms with Gasteiger partial charge in [0.2, 0.25) is 0 Å². The number of nitrogens with zero attached hydrogens (tertiary/aromatic N) is 1. The van der Waals surface area contributed by atoms with Crippen LogP contribution in [0.25, 0.3) is 10.9 Å². The maximum absolute atomic E-state index is 12.3. The molecular formula is C16H19N3O. The minimum atomic E-state index is 0.00412. The minimum absolute atomic E-state index is 0.00412. The molecule has 4 heteroatoms. The fourth-order valence-electron chi connectivity index (χ4n) is 2.63. The number of pyridine rings is 1. The Kier molecular flexibility index (Phi) is 3.92. The lowest BCUT2D eigenvalue weighted by molar-refractivity contribution is 0.0935. The van der Waals surface area contributed by atoms with Gasteiger partial charge in [0.05, 0.1) is 5.52 Å². The number of aromatic nitrogens is 1. The number of rotatable bonds is 2. The van der Waals surface area contributed by atoms with Gasteiger partial charge >= 0.3 is 0 Å². The predicted octanol–water partition coefficient (Wildman–Crippen LogP) is 2.11. The van der Waals surface area contributed by atoms with E-state index in [1.54, 1.807) is 6.20 Å². The van der Waals surface area contributed by atoms with E-state index in [1.807, 2.05) is 30.3 Å². The van der Waals surface area contributed by atoms with E-state index in [-0.39, 0.29) is 11.9 Å². The van der Waals surface area contributed by atoms with E-state index in [2.05, 4.69) is 15.6 Å². The third kappa shape index (κ3) is 2.96. The smallest absolute Gasteiger partial charge is 0.251 e. The van der Waals surface area contributed by atoms with Gasteiger partial charge in [-0.2, -0.15) is 0 Å². The SMILES string of the molecule is O=C(NC1CCCCNC1)c1ccc2ncccc2c1. The van der Waals surface area contributed by atoms with Gasteiger partial charge in [-0.15, -0.1) is 0 Å². The van der Waals surface area contributed by atoms with Gasteiger partial charge in [-0.05, 0) is 43.7 Å². The molecule has 4 nitrogen and oxygen atoms in total. The van der Waals surface area contributed by atoms with Crippen molar-refractivity contribution < 1.29 is 4.79 Å². The maximum Gasteiger partial charge on any atom is 0.251 e. The fourth-order valence-corrected chi connectivity index (χ4v) is 2.63. The Morgan fingerprint density at radius 3 is 3.20 bits per heavy atom. The Morgan fingerprint density at radius 1 is 1.30 bits per heavy atom. The van der Waals surface area contributed by atoms with Crippen LogP contribution in [0.2, 0.25) is 0 Å². The largest absolute Gasteiger partial charge is 0.348 e. The van der Waals surface area contributed by atoms with E-state index in [9.17, 15) is 4.79 Å². The second-order valence-corrected chi connectivity index (χ2v) is 5.28. The summed E-state index contributed by atoms with van der Waals surface area (Å²) in [7, 11) is 0. The Morgan fingerprint density at radius 2 is 2.25 bits per heavy atom. The number of carbonyl (C=O) groups is 1. The average molecular weight is 269 g/mol. The van der Waals surface area contributed by atoms with Crippen LogP contribution in [0.3, 0.4) is 0 Å². The summed E-state index contributed by atoms with van der Waals surface area (Å²) in [4.78, 5) is 16.6. The van der Waals surface area contributed by atoms with Crippen LogP contribution in [0.4, 0.5) is 0 Å². The molecule has 0 aliphatic carbocycles. The van der Waals surface area contributed by atoms with E-state index in [1.165, 1.54) is 12.8 Å². The van der Waals surface area contributed by atoms with Gasteiger partial charge in [0.25, 0.3) is 5.91 Å². The average Bonchev–Trinajstić information content (AvgIpc) is 2.75. The monoisotopic (exact) mass is 269 g/mol. The molecular weight excluding hydrogens is 250 g/mol. The highest BCUT2D eigenvalue weighted by Gasteiger charge is 2.15. The number of hydrogen-bond acceptors (Lipinski definition) is 3. The first-order valence-corrected chi connectivity index (χ1v) is 7.19. The van der Waals surface area contributed by atoms with Crippen molar-refractivity contribution >= 4 is 16.8 Å². The quantitative estimate of drug-likeness (QED) is 0.878. The molecule has 1 aliphatic heterocycles. The molecule has 1 aliphatic rings. The zero-order chi connectivity index (χ0) is 13.8. The molecule has 1 fully saturated rings. The summed E-state index contributed by atoms with van der Waals surface area (Å²) in [5, 5.41) is 7.48. The molecule has 0 spiro atoms. The number of hydrogen-bond donors (Lipinski definition) is 2. The van der Waals surface area contributed by atoms with Crippen LogP contribution in [-0.2, 0) is 0 Å². The molecule has 1 saturated heterocycles. The van der Waals surface area contributed by atoms with Crippen LogP contribution >= 0.6 is 0 Å². The van der Waals surface area contributed by atoms with Crippen molar-refractivity contribution in [3.8, 4) is 0 Å². The Hall–Kier alpha value is -1.94. The van der Waals surface area contributed by atoms with Crippen molar-refractivity contribution in [3.05, 3.63) is 42.1 Å². The second kappa shape index (κ2) is 6.01. The normalized spacial score (nSPS) is 19.5. The van der Waals surface area contributed by atoms with E-state index in [4.69, 9.17) is 0 Å². The van der Waals surface area contributed by atoms with Crippen molar-refractivity contribution in [2.45, 2.75) is 25.3 Å². The number of fused-ring (bicyclic) bond motifs is 1. The van der Waals surface area contributed by atoms with Gasteiger partial charge in [0.15, 0.2) is 0 Å². The highest BCUT2D eigenvalue weighted by Crippen LogP contribution is 2.14. The molecule has 1 unspecified atom stereocenters. The van der Waals surface area contributed by atoms with Gasteiger partial charge in [-0.1, -0.05) is 12.5 Å². The first-order valence-electron chi connectivity index (χ1n) is 7.19. The van der Waals surface area contributed by atoms with Crippen LogP contribution in [0, 0.1) is 0 Å². The number of carbonyl (C=O) groups excluding carboxylic acids is 1. The van der Waals surface area contributed by atoms with Crippen LogP contribution in [0.15, 0.2) is 36.5 Å². The minimum Gasteiger partial charge on any atom is -0.348 e. The molecule has 1 amide bonds. The molecule has 3 rings (SSSR count). The summed E-state index contributed by atoms with van der Waals surface area (Å²) in [5.74, 6) is 0.00412. The lowest BCUT2D eigenvalue weighted by Gasteiger charge is -2.16. The van der Waals surface area contributed by atoms with E-state index < -0.39 is 0 Å². The summed E-state index contributed by atoms with van der Waals surface area (Å²) in [6.45, 7) is 1.91. The molecule has 1 aromatic carbocycles. The third-order valence-corrected chi connectivity index (χ3v) is 3.75. The molecule has 2 heterocycles. The van der Waals surface area contributed by atoms with E-state index in [0.717, 1.165) is 30.4 Å². The van der Waals surface area contributed by atoms with E-state index in [0.29, 0.717) is 5.56 Å². The summed E-state index contributed by atoms with van der Waals surface area (Å²) in [6.07, 6.45) is 5.17. The van der Waals surface area contributed by atoms with Gasteiger partial charge in [-0.3, -0.25) is 9.78 Å². The van der Waals surface area contributed by atoms with Crippen LogP contribution in [0.1, 0.15) is 29.6 Å². The van der Waals surface area contributed by atoms with Crippen molar-refractivity contribution in [3.63, 3.8) is 0 Å². The molecule has 20 heavy (non-hydrogen) atoms. The molecule has 2 N–H and O–H groups in total. The molecule has 2 aromatic rings. The summed E-state index contributed by atoms with van der Waals surface area (Å²) < 4.78 is 0. The Bertz CT molecular complexity index is 603. The van der Waals surface area contributed by atoms with Gasteiger partial charge < -0.3 is 10.6 Å². The highest BCUT2D eigenvalue weighted by atomic mass is 16.1. The number of amides is 1. The van der Waals surface area contributed by atoms with Crippen molar-refractivity contribution in [2.75, 3.05) is 13.1 Å². The molecule has 0 saturated carbocycles. The molecule has 104 valence electrons. The molecule has 1 atom stereocenters. The first kappa shape index (κ1) is 13.1. The lowest BCUT2D eigenvalue weighted by atomic mass is 10.1. The highest BCUT2D eigenvalue weighted by molar-refractivity contribution is 5.98. The third-order valence-electron chi connectivity index (χ3n) is 3.75. The standard InChI is InChI=1S/C16H19N3O/c20-16(19-14-5-1-2-8-17-11-14)13-6-7-15-12(10-13)4-3-9-18-15/h3-4,6-7,9-10,14,17H,1-2,5,8,11H2,(H,19,20). The zero-order valence-corrected chi connectivity index (χ0v) is 11.4. The Balaban J connectivity index is 1.74.